The molecule has 5 nitrogen and oxygen atoms in total. The summed E-state index contributed by atoms with van der Waals surface area (Å²) in [7, 11) is 0. The van der Waals surface area contributed by atoms with Crippen molar-refractivity contribution in [3.8, 4) is 5.75 Å². The van der Waals surface area contributed by atoms with Crippen molar-refractivity contribution < 1.29 is 14.3 Å². The second kappa shape index (κ2) is 12.1. The smallest absolute Gasteiger partial charge is 0.261 e. The summed E-state index contributed by atoms with van der Waals surface area (Å²) in [6.45, 7) is 10.5. The number of hydrogen-bond donors (Lipinski definition) is 1. The Kier molecular flexibility index (Phi) is 9.85. The molecule has 0 spiro atoms. The highest BCUT2D eigenvalue weighted by Crippen LogP contribution is 2.25. The number of nitrogens with zero attached hydrogens (tertiary/aromatic N) is 1. The van der Waals surface area contributed by atoms with Crippen LogP contribution < -0.4 is 10.1 Å². The van der Waals surface area contributed by atoms with Crippen molar-refractivity contribution in [1.29, 1.82) is 0 Å². The Balaban J connectivity index is 2.28. The first-order valence-electron chi connectivity index (χ1n) is 10.9. The van der Waals surface area contributed by atoms with Gasteiger partial charge in [0.2, 0.25) is 5.91 Å². The Morgan fingerprint density at radius 2 is 1.78 bits per heavy atom. The summed E-state index contributed by atoms with van der Waals surface area (Å²) >= 11 is 12.2. The van der Waals surface area contributed by atoms with Crippen LogP contribution in [-0.2, 0) is 16.1 Å². The van der Waals surface area contributed by atoms with Gasteiger partial charge in [0.1, 0.15) is 11.8 Å². The normalized spacial score (nSPS) is 11.7. The van der Waals surface area contributed by atoms with Gasteiger partial charge >= 0.3 is 0 Å². The largest absolute Gasteiger partial charge is 0.483 e. The quantitative estimate of drug-likeness (QED) is 0.481. The van der Waals surface area contributed by atoms with Crippen LogP contribution in [0, 0.1) is 20.8 Å². The average Bonchev–Trinajstić information content (AvgIpc) is 2.75. The van der Waals surface area contributed by atoms with Gasteiger partial charge < -0.3 is 15.0 Å². The molecular formula is C25H32Cl2N2O3. The lowest BCUT2D eigenvalue weighted by Gasteiger charge is -2.30. The van der Waals surface area contributed by atoms with Gasteiger partial charge in [-0.1, -0.05) is 49.2 Å². The van der Waals surface area contributed by atoms with Crippen LogP contribution in [-0.4, -0.2) is 35.9 Å². The molecule has 0 aliphatic carbocycles. The van der Waals surface area contributed by atoms with E-state index < -0.39 is 6.04 Å². The van der Waals surface area contributed by atoms with Gasteiger partial charge in [0.15, 0.2) is 6.61 Å². The maximum Gasteiger partial charge on any atom is 0.261 e. The predicted octanol–water partition coefficient (Wildman–Crippen LogP) is 5.63. The third-order valence-electron chi connectivity index (χ3n) is 5.39. The fraction of sp³-hybridized carbons (Fsp3) is 0.440. The SMILES string of the molecule is CCCNC(=O)[C@H](CC)N(Cc1ccc(Cl)c(Cl)c1)C(=O)COc1cc(C)cc(C)c1C. The van der Waals surface area contributed by atoms with Crippen LogP contribution in [0.15, 0.2) is 30.3 Å². The molecule has 2 aromatic carbocycles. The first-order chi connectivity index (χ1) is 15.2. The maximum absolute atomic E-state index is 13.3. The number of carbonyl (C=O) groups is 2. The molecular weight excluding hydrogens is 447 g/mol. The van der Waals surface area contributed by atoms with Crippen LogP contribution in [0.4, 0.5) is 0 Å². The number of hydrogen-bond acceptors (Lipinski definition) is 3. The van der Waals surface area contributed by atoms with Gasteiger partial charge in [0, 0.05) is 13.1 Å². The zero-order valence-electron chi connectivity index (χ0n) is 19.4. The van der Waals surface area contributed by atoms with Crippen molar-refractivity contribution in [2.45, 2.75) is 60.0 Å². The molecule has 0 saturated carbocycles. The van der Waals surface area contributed by atoms with Gasteiger partial charge in [-0.3, -0.25) is 9.59 Å². The number of carbonyl (C=O) groups excluding carboxylic acids is 2. The zero-order chi connectivity index (χ0) is 23.8. The molecule has 0 heterocycles. The summed E-state index contributed by atoms with van der Waals surface area (Å²) in [4.78, 5) is 27.7. The predicted molar refractivity (Wildman–Crippen MR) is 131 cm³/mol. The molecule has 0 radical (unpaired) electrons. The van der Waals surface area contributed by atoms with E-state index in [9.17, 15) is 9.59 Å². The van der Waals surface area contributed by atoms with E-state index in [-0.39, 0.29) is 25.0 Å². The van der Waals surface area contributed by atoms with Crippen molar-refractivity contribution in [2.24, 2.45) is 0 Å². The molecule has 32 heavy (non-hydrogen) atoms. The van der Waals surface area contributed by atoms with Crippen molar-refractivity contribution in [3.05, 3.63) is 62.6 Å². The lowest BCUT2D eigenvalue weighted by Crippen LogP contribution is -2.50. The van der Waals surface area contributed by atoms with Crippen molar-refractivity contribution in [2.75, 3.05) is 13.2 Å². The van der Waals surface area contributed by atoms with Crippen LogP contribution in [0.25, 0.3) is 0 Å². The van der Waals surface area contributed by atoms with Gasteiger partial charge in [-0.05, 0) is 74.1 Å². The summed E-state index contributed by atoms with van der Waals surface area (Å²) in [5.41, 5.74) is 3.95. The molecule has 0 unspecified atom stereocenters. The molecule has 0 bridgehead atoms. The average molecular weight is 479 g/mol. The van der Waals surface area contributed by atoms with Crippen molar-refractivity contribution in [3.63, 3.8) is 0 Å². The molecule has 2 rings (SSSR count). The Morgan fingerprint density at radius 1 is 1.06 bits per heavy atom. The number of rotatable bonds is 10. The van der Waals surface area contributed by atoms with E-state index in [2.05, 4.69) is 11.4 Å². The zero-order valence-corrected chi connectivity index (χ0v) is 20.9. The van der Waals surface area contributed by atoms with Crippen LogP contribution >= 0.6 is 23.2 Å². The van der Waals surface area contributed by atoms with Gasteiger partial charge in [-0.2, -0.15) is 0 Å². The van der Waals surface area contributed by atoms with Gasteiger partial charge in [0.05, 0.1) is 10.0 Å². The third-order valence-corrected chi connectivity index (χ3v) is 6.13. The van der Waals surface area contributed by atoms with Crippen LogP contribution in [0.5, 0.6) is 5.75 Å². The minimum absolute atomic E-state index is 0.164. The molecule has 1 N–H and O–H groups in total. The summed E-state index contributed by atoms with van der Waals surface area (Å²) in [5, 5.41) is 3.75. The van der Waals surface area contributed by atoms with E-state index >= 15 is 0 Å². The molecule has 0 aliphatic rings. The summed E-state index contributed by atoms with van der Waals surface area (Å²) in [5.74, 6) is 0.229. The van der Waals surface area contributed by atoms with E-state index in [1.807, 2.05) is 40.7 Å². The Morgan fingerprint density at radius 3 is 2.41 bits per heavy atom. The first kappa shape index (κ1) is 26.0. The number of aryl methyl sites for hydroxylation is 2. The summed E-state index contributed by atoms with van der Waals surface area (Å²) in [6, 6.07) is 8.59. The standard InChI is InChI=1S/C25H32Cl2N2O3/c1-6-10-28-25(31)22(7-2)29(14-19-8-9-20(26)21(27)13-19)24(30)15-32-23-12-16(3)11-17(4)18(23)5/h8-9,11-13,22H,6-7,10,14-15H2,1-5H3,(H,28,31)/t22-/m0/s1. The molecule has 2 aromatic rings. The molecule has 0 aromatic heterocycles. The third kappa shape index (κ3) is 6.88. The molecule has 174 valence electrons. The second-order valence-corrected chi connectivity index (χ2v) is 8.79. The first-order valence-corrected chi connectivity index (χ1v) is 11.6. The van der Waals surface area contributed by atoms with E-state index in [1.54, 1.807) is 23.1 Å². The molecule has 0 fully saturated rings. The van der Waals surface area contributed by atoms with Crippen LogP contribution in [0.2, 0.25) is 10.0 Å². The Bertz CT molecular complexity index is 962. The molecule has 1 atom stereocenters. The highest BCUT2D eigenvalue weighted by Gasteiger charge is 2.29. The Hall–Kier alpha value is -2.24. The van der Waals surface area contributed by atoms with E-state index in [0.717, 1.165) is 28.7 Å². The van der Waals surface area contributed by atoms with E-state index in [0.29, 0.717) is 28.8 Å². The van der Waals surface area contributed by atoms with Crippen LogP contribution in [0.1, 0.15) is 48.9 Å². The van der Waals surface area contributed by atoms with Gasteiger partial charge in [0.25, 0.3) is 5.91 Å². The minimum atomic E-state index is -0.618. The van der Waals surface area contributed by atoms with Crippen molar-refractivity contribution in [1.82, 2.24) is 10.2 Å². The fourth-order valence-electron chi connectivity index (χ4n) is 3.49. The Labute approximate surface area is 201 Å². The number of ether oxygens (including phenoxy) is 1. The topological polar surface area (TPSA) is 58.6 Å². The lowest BCUT2D eigenvalue weighted by atomic mass is 10.1. The number of halogens is 2. The fourth-order valence-corrected chi connectivity index (χ4v) is 3.81. The van der Waals surface area contributed by atoms with E-state index in [1.165, 1.54) is 0 Å². The number of nitrogens with one attached hydrogen (secondary N) is 1. The number of amides is 2. The highest BCUT2D eigenvalue weighted by molar-refractivity contribution is 6.42. The summed E-state index contributed by atoms with van der Waals surface area (Å²) in [6.07, 6.45) is 1.29. The van der Waals surface area contributed by atoms with Gasteiger partial charge in [-0.15, -0.1) is 0 Å². The second-order valence-electron chi connectivity index (χ2n) is 7.98. The highest BCUT2D eigenvalue weighted by atomic mass is 35.5. The van der Waals surface area contributed by atoms with E-state index in [4.69, 9.17) is 27.9 Å². The van der Waals surface area contributed by atoms with Crippen molar-refractivity contribution >= 4 is 35.0 Å². The number of benzene rings is 2. The molecule has 2 amide bonds. The lowest BCUT2D eigenvalue weighted by molar-refractivity contribution is -0.143. The molecule has 0 aliphatic heterocycles. The monoisotopic (exact) mass is 478 g/mol. The maximum atomic E-state index is 13.3. The van der Waals surface area contributed by atoms with Gasteiger partial charge in [-0.25, -0.2) is 0 Å². The summed E-state index contributed by atoms with van der Waals surface area (Å²) < 4.78 is 5.91. The molecule has 0 saturated heterocycles. The molecule has 7 heteroatoms. The minimum Gasteiger partial charge on any atom is -0.483 e. The van der Waals surface area contributed by atoms with Crippen LogP contribution in [0.3, 0.4) is 0 Å².